The number of nitrogens with zero attached hydrogens (tertiary/aromatic N) is 4. The Balaban J connectivity index is 0.831. The SMILES string of the molecule is COc1cc2c(cc1OCCCOc1cc3c(cc1OC)C(=O)N1C=C(c4ccc(N)cc4)C[C@H]1C=N3)N=C[C@@H]1CC(c3ccc(C4CCN(C)CC4)cc3)=CC=C1CC2=O. The third kappa shape index (κ3) is 8.35. The average molecular weight is 818 g/mol. The number of rotatable bonds is 11. The molecule has 4 heterocycles. The number of carbonyl (C=O) groups excluding carboxylic acids is 2. The number of benzene rings is 4. The molecule has 11 heteroatoms. The second-order valence-electron chi connectivity index (χ2n) is 16.5. The molecule has 4 aromatic rings. The van der Waals surface area contributed by atoms with Gasteiger partial charge >= 0.3 is 0 Å². The van der Waals surface area contributed by atoms with E-state index in [1.165, 1.54) is 29.5 Å². The van der Waals surface area contributed by atoms with Crippen LogP contribution < -0.4 is 24.7 Å². The first-order chi connectivity index (χ1) is 29.7. The number of nitrogen functional groups attached to an aromatic ring is 1. The van der Waals surface area contributed by atoms with Crippen molar-refractivity contribution in [2.45, 2.75) is 50.5 Å². The van der Waals surface area contributed by atoms with Gasteiger partial charge in [0.2, 0.25) is 0 Å². The number of hydrogen-bond acceptors (Lipinski definition) is 10. The molecule has 4 aromatic carbocycles. The van der Waals surface area contributed by atoms with Crippen molar-refractivity contribution in [3.63, 3.8) is 0 Å². The van der Waals surface area contributed by atoms with Crippen LogP contribution in [0.2, 0.25) is 0 Å². The molecule has 0 unspecified atom stereocenters. The molecule has 0 aromatic heterocycles. The van der Waals surface area contributed by atoms with Gasteiger partial charge in [-0.3, -0.25) is 19.6 Å². The number of likely N-dealkylation sites (tertiary alicyclic amines) is 1. The third-order valence-corrected chi connectivity index (χ3v) is 12.5. The predicted octanol–water partition coefficient (Wildman–Crippen LogP) is 9.23. The van der Waals surface area contributed by atoms with Crippen molar-refractivity contribution in [2.24, 2.45) is 15.9 Å². The fourth-order valence-electron chi connectivity index (χ4n) is 8.93. The highest BCUT2D eigenvalue weighted by Crippen LogP contribution is 2.42. The smallest absolute Gasteiger partial charge is 0.260 e. The van der Waals surface area contributed by atoms with Crippen molar-refractivity contribution in [2.75, 3.05) is 53.3 Å². The summed E-state index contributed by atoms with van der Waals surface area (Å²) in [4.78, 5) is 41.2. The molecule has 2 atom stereocenters. The molecule has 2 N–H and O–H groups in total. The molecule has 0 bridgehead atoms. The van der Waals surface area contributed by atoms with Gasteiger partial charge in [-0.25, -0.2) is 0 Å². The summed E-state index contributed by atoms with van der Waals surface area (Å²) in [7, 11) is 5.32. The van der Waals surface area contributed by atoms with Crippen molar-refractivity contribution in [3.8, 4) is 23.0 Å². The average Bonchev–Trinajstić information content (AvgIpc) is 3.66. The lowest BCUT2D eigenvalue weighted by atomic mass is 9.81. The van der Waals surface area contributed by atoms with E-state index in [2.05, 4.69) is 48.4 Å². The molecule has 9 rings (SSSR count). The van der Waals surface area contributed by atoms with E-state index in [1.54, 1.807) is 43.4 Å². The molecular weight excluding hydrogens is 767 g/mol. The number of piperidine rings is 1. The summed E-state index contributed by atoms with van der Waals surface area (Å²) in [6.07, 6.45) is 14.6. The minimum Gasteiger partial charge on any atom is -0.493 e. The lowest BCUT2D eigenvalue weighted by Crippen LogP contribution is -2.32. The molecule has 1 aliphatic carbocycles. The van der Waals surface area contributed by atoms with E-state index in [4.69, 9.17) is 34.7 Å². The topological polar surface area (TPSA) is 128 Å². The van der Waals surface area contributed by atoms with Gasteiger partial charge in [0, 0.05) is 67.2 Å². The molecule has 1 saturated heterocycles. The highest BCUT2D eigenvalue weighted by Gasteiger charge is 2.34. The number of methoxy groups -OCH3 is 2. The summed E-state index contributed by atoms with van der Waals surface area (Å²) < 4.78 is 23.7. The van der Waals surface area contributed by atoms with E-state index in [-0.39, 0.29) is 23.7 Å². The van der Waals surface area contributed by atoms with E-state index in [0.717, 1.165) is 36.2 Å². The van der Waals surface area contributed by atoms with Gasteiger partial charge in [-0.1, -0.05) is 54.1 Å². The Labute approximate surface area is 356 Å². The number of ether oxygens (including phenoxy) is 4. The number of anilines is 1. The molecule has 61 heavy (non-hydrogen) atoms. The minimum atomic E-state index is -0.202. The van der Waals surface area contributed by atoms with E-state index in [9.17, 15) is 9.59 Å². The van der Waals surface area contributed by atoms with Crippen LogP contribution in [0.4, 0.5) is 17.1 Å². The number of fused-ring (bicyclic) bond motifs is 4. The lowest BCUT2D eigenvalue weighted by molar-refractivity contribution is 0.0817. The number of allylic oxidation sites excluding steroid dienone is 4. The van der Waals surface area contributed by atoms with E-state index in [1.807, 2.05) is 42.9 Å². The van der Waals surface area contributed by atoms with Gasteiger partial charge in [0.05, 0.1) is 50.4 Å². The maximum Gasteiger partial charge on any atom is 0.260 e. The van der Waals surface area contributed by atoms with Crippen LogP contribution >= 0.6 is 0 Å². The number of hydrogen-bond donors (Lipinski definition) is 1. The molecular formula is C50H51N5O6. The quantitative estimate of drug-likeness (QED) is 0.117. The molecule has 4 aliphatic heterocycles. The van der Waals surface area contributed by atoms with Gasteiger partial charge in [0.15, 0.2) is 28.8 Å². The van der Waals surface area contributed by atoms with Crippen LogP contribution in [0.15, 0.2) is 107 Å². The summed E-state index contributed by atoms with van der Waals surface area (Å²) in [6, 6.07) is 23.5. The van der Waals surface area contributed by atoms with Crippen LogP contribution in [-0.4, -0.2) is 87.5 Å². The summed E-state index contributed by atoms with van der Waals surface area (Å²) in [5, 5.41) is 0. The molecule has 1 amide bonds. The van der Waals surface area contributed by atoms with Crippen molar-refractivity contribution >= 4 is 52.3 Å². The zero-order chi connectivity index (χ0) is 42.0. The Morgan fingerprint density at radius 1 is 0.721 bits per heavy atom. The van der Waals surface area contributed by atoms with Crippen LogP contribution in [0.25, 0.3) is 11.1 Å². The molecule has 1 fully saturated rings. The normalized spacial score (nSPS) is 19.9. The van der Waals surface area contributed by atoms with Crippen LogP contribution in [0.5, 0.6) is 23.0 Å². The van der Waals surface area contributed by atoms with Crippen LogP contribution in [0.1, 0.15) is 81.8 Å². The standard InChI is InChI=1S/C50H51N5O6/c1-54-17-15-34(16-18-54)31-5-7-32(8-6-31)35-9-10-36-23-45(56)41-24-46(58-2)48(26-43(41)52-28-37(36)21-35)60-19-4-20-61-49-27-44-42(25-47(49)59-3)50(57)55-30-38(22-40(55)29-53-44)33-11-13-39(51)14-12-33/h5-14,24-30,34,37,40H,4,15-23,51H2,1-3H3/t37-,40-/m0/s1. The highest BCUT2D eigenvalue weighted by atomic mass is 16.5. The van der Waals surface area contributed by atoms with Crippen LogP contribution in [-0.2, 0) is 0 Å². The number of ketones is 1. The first kappa shape index (κ1) is 40.0. The van der Waals surface area contributed by atoms with Gasteiger partial charge < -0.3 is 34.5 Å². The van der Waals surface area contributed by atoms with Crippen LogP contribution in [0, 0.1) is 5.92 Å². The zero-order valence-electron chi connectivity index (χ0n) is 34.9. The Bertz CT molecular complexity index is 2490. The summed E-state index contributed by atoms with van der Waals surface area (Å²) in [6.45, 7) is 2.92. The first-order valence-electron chi connectivity index (χ1n) is 21.1. The highest BCUT2D eigenvalue weighted by molar-refractivity contribution is 6.06. The second kappa shape index (κ2) is 17.3. The number of amides is 1. The Hall–Kier alpha value is -6.46. The molecule has 0 saturated carbocycles. The molecule has 0 radical (unpaired) electrons. The number of aliphatic imine (C=N–C) groups is 2. The van der Waals surface area contributed by atoms with Gasteiger partial charge in [-0.2, -0.15) is 0 Å². The Morgan fingerprint density at radius 3 is 2.03 bits per heavy atom. The Kier molecular flexibility index (Phi) is 11.3. The zero-order valence-corrected chi connectivity index (χ0v) is 34.9. The van der Waals surface area contributed by atoms with E-state index in [0.29, 0.717) is 89.6 Å². The van der Waals surface area contributed by atoms with Gasteiger partial charge in [-0.05, 0) is 97.4 Å². The fraction of sp³-hybridized carbons (Fsp3) is 0.320. The maximum atomic E-state index is 13.8. The van der Waals surface area contributed by atoms with E-state index >= 15 is 0 Å². The van der Waals surface area contributed by atoms with Crippen molar-refractivity contribution < 1.29 is 28.5 Å². The number of Topliss-reactive ketones (excluding diaryl/α,β-unsaturated/α-hetero) is 1. The predicted molar refractivity (Wildman–Crippen MR) is 240 cm³/mol. The lowest BCUT2D eigenvalue weighted by Gasteiger charge is -2.29. The monoisotopic (exact) mass is 817 g/mol. The van der Waals surface area contributed by atoms with Gasteiger partial charge in [-0.15, -0.1) is 0 Å². The fourth-order valence-corrected chi connectivity index (χ4v) is 8.93. The minimum absolute atomic E-state index is 0.00110. The molecule has 312 valence electrons. The van der Waals surface area contributed by atoms with Gasteiger partial charge in [0.1, 0.15) is 0 Å². The Morgan fingerprint density at radius 2 is 1.34 bits per heavy atom. The second-order valence-corrected chi connectivity index (χ2v) is 16.5. The summed E-state index contributed by atoms with van der Waals surface area (Å²) in [5.74, 6) is 2.38. The number of nitrogens with two attached hydrogens (primary N) is 1. The van der Waals surface area contributed by atoms with Gasteiger partial charge in [0.25, 0.3) is 5.91 Å². The third-order valence-electron chi connectivity index (χ3n) is 12.5. The van der Waals surface area contributed by atoms with Crippen molar-refractivity contribution in [3.05, 3.63) is 125 Å². The van der Waals surface area contributed by atoms with Crippen molar-refractivity contribution in [1.82, 2.24) is 9.80 Å². The largest absolute Gasteiger partial charge is 0.493 e. The summed E-state index contributed by atoms with van der Waals surface area (Å²) >= 11 is 0. The molecule has 5 aliphatic rings. The summed E-state index contributed by atoms with van der Waals surface area (Å²) in [5.41, 5.74) is 15.6. The number of carbonyl (C=O) groups is 2. The van der Waals surface area contributed by atoms with E-state index < -0.39 is 0 Å². The van der Waals surface area contributed by atoms with Crippen LogP contribution in [0.3, 0.4) is 0 Å². The van der Waals surface area contributed by atoms with Crippen molar-refractivity contribution in [1.29, 1.82) is 0 Å². The maximum absolute atomic E-state index is 13.8. The first-order valence-corrected chi connectivity index (χ1v) is 21.1. The molecule has 0 spiro atoms. The molecule has 11 nitrogen and oxygen atoms in total.